The third-order valence-electron chi connectivity index (χ3n) is 1.35. The van der Waals surface area contributed by atoms with E-state index in [1.807, 2.05) is 0 Å². The van der Waals surface area contributed by atoms with Crippen LogP contribution in [0.1, 0.15) is 0 Å². The van der Waals surface area contributed by atoms with E-state index in [2.05, 4.69) is 9.97 Å². The van der Waals surface area contributed by atoms with E-state index in [9.17, 15) is 8.42 Å². The molecule has 0 amide bonds. The molecule has 0 spiro atoms. The quantitative estimate of drug-likeness (QED) is 0.274. The highest BCUT2D eigenvalue weighted by Gasteiger charge is 2.20. The van der Waals surface area contributed by atoms with Crippen molar-refractivity contribution in [3.63, 3.8) is 0 Å². The first-order valence-electron chi connectivity index (χ1n) is 3.30. The van der Waals surface area contributed by atoms with E-state index in [1.165, 1.54) is 0 Å². The fraction of sp³-hybridized carbons (Fsp3) is 0.200. The average molecular weight is 236 g/mol. The van der Waals surface area contributed by atoms with Crippen LogP contribution in [0.25, 0.3) is 0 Å². The topological polar surface area (TPSA) is 132 Å². The van der Waals surface area contributed by atoms with Crippen molar-refractivity contribution in [1.29, 1.82) is 0 Å². The largest absolute Gasteiger partial charge is 0.393 e. The molecule has 0 bridgehead atoms. The third kappa shape index (κ3) is 2.05. The van der Waals surface area contributed by atoms with E-state index in [4.69, 9.17) is 16.0 Å². The Labute approximate surface area is 84.7 Å². The number of hydrogen-bond donors (Lipinski definition) is 3. The Morgan fingerprint density at radius 2 is 1.93 bits per heavy atom. The van der Waals surface area contributed by atoms with Crippen LogP contribution in [0, 0.1) is 0 Å². The van der Waals surface area contributed by atoms with Gasteiger partial charge in [-0.1, -0.05) is 11.8 Å². The van der Waals surface area contributed by atoms with Gasteiger partial charge in [0, 0.05) is 0 Å². The molecule has 7 nitrogen and oxygen atoms in total. The van der Waals surface area contributed by atoms with Crippen LogP contribution in [-0.2, 0) is 10.1 Å². The summed E-state index contributed by atoms with van der Waals surface area (Å²) in [6.07, 6.45) is 1.64. The molecule has 1 aromatic heterocycles. The van der Waals surface area contributed by atoms with Gasteiger partial charge in [-0.2, -0.15) is 8.42 Å². The summed E-state index contributed by atoms with van der Waals surface area (Å²) in [5.41, 5.74) is 10.3. The van der Waals surface area contributed by atoms with Crippen molar-refractivity contribution in [3.8, 4) is 0 Å². The molecule has 0 aliphatic carbocycles. The predicted molar refractivity (Wildman–Crippen MR) is 52.5 cm³/mol. The molecule has 5 N–H and O–H groups in total. The fourth-order valence-electron chi connectivity index (χ4n) is 0.733. The first-order chi connectivity index (χ1) is 6.36. The van der Waals surface area contributed by atoms with Gasteiger partial charge >= 0.3 is 10.1 Å². The van der Waals surface area contributed by atoms with E-state index in [1.54, 1.807) is 6.26 Å². The van der Waals surface area contributed by atoms with Gasteiger partial charge in [0.2, 0.25) is 5.03 Å². The molecule has 14 heavy (non-hydrogen) atoms. The van der Waals surface area contributed by atoms with Crippen LogP contribution in [0.15, 0.2) is 10.2 Å². The second-order valence-electron chi connectivity index (χ2n) is 2.29. The molecule has 0 aromatic carbocycles. The van der Waals surface area contributed by atoms with Crippen molar-refractivity contribution in [1.82, 2.24) is 9.97 Å². The normalized spacial score (nSPS) is 11.6. The van der Waals surface area contributed by atoms with Gasteiger partial charge in [0.05, 0.1) is 0 Å². The molecule has 1 aromatic rings. The molecule has 9 heteroatoms. The van der Waals surface area contributed by atoms with Crippen LogP contribution in [-0.4, -0.2) is 29.2 Å². The fourth-order valence-corrected chi connectivity index (χ4v) is 1.75. The lowest BCUT2D eigenvalue weighted by molar-refractivity contribution is 0.478. The summed E-state index contributed by atoms with van der Waals surface area (Å²) in [6.45, 7) is 0. The van der Waals surface area contributed by atoms with Crippen LogP contribution >= 0.6 is 11.8 Å². The van der Waals surface area contributed by atoms with Crippen LogP contribution in [0.5, 0.6) is 0 Å². The SMILES string of the molecule is CSc1nc(N)c(N)c(S(=O)(=O)O)n1. The monoisotopic (exact) mass is 236 g/mol. The van der Waals surface area contributed by atoms with Gasteiger partial charge in [-0.05, 0) is 6.26 Å². The minimum Gasteiger partial charge on any atom is -0.393 e. The summed E-state index contributed by atoms with van der Waals surface area (Å²) >= 11 is 1.09. The second kappa shape index (κ2) is 3.59. The molecule has 0 saturated carbocycles. The molecule has 1 rings (SSSR count). The lowest BCUT2D eigenvalue weighted by atomic mass is 10.5. The number of thioether (sulfide) groups is 1. The maximum Gasteiger partial charge on any atom is 0.314 e. The Kier molecular flexibility index (Phi) is 2.83. The highest BCUT2D eigenvalue weighted by atomic mass is 32.2. The van der Waals surface area contributed by atoms with E-state index in [0.717, 1.165) is 11.8 Å². The van der Waals surface area contributed by atoms with E-state index < -0.39 is 15.1 Å². The number of nitrogen functional groups attached to an aromatic ring is 2. The maximum atomic E-state index is 10.8. The smallest absolute Gasteiger partial charge is 0.314 e. The molecule has 0 aliphatic heterocycles. The summed E-state index contributed by atoms with van der Waals surface area (Å²) in [5.74, 6) is -0.169. The predicted octanol–water partition coefficient (Wildman–Crippen LogP) is -0.390. The Hall–Kier alpha value is -1.06. The van der Waals surface area contributed by atoms with Crippen LogP contribution in [0.3, 0.4) is 0 Å². The van der Waals surface area contributed by atoms with Crippen LogP contribution in [0.2, 0.25) is 0 Å². The van der Waals surface area contributed by atoms with Gasteiger partial charge < -0.3 is 11.5 Å². The number of nitrogens with zero attached hydrogens (tertiary/aromatic N) is 2. The Balaban J connectivity index is 3.51. The standard InChI is InChI=1S/C5H8N4O3S2/c1-13-5-8-3(7)2(6)4(9-5)14(10,11)12/h6H2,1H3,(H2,7,8,9)(H,10,11,12). The van der Waals surface area contributed by atoms with Crippen molar-refractivity contribution >= 4 is 33.4 Å². The third-order valence-corrected chi connectivity index (χ3v) is 2.69. The molecule has 0 unspecified atom stereocenters. The van der Waals surface area contributed by atoms with Gasteiger partial charge in [-0.15, -0.1) is 0 Å². The van der Waals surface area contributed by atoms with Gasteiger partial charge in [0.15, 0.2) is 11.0 Å². The van der Waals surface area contributed by atoms with Gasteiger partial charge in [-0.3, -0.25) is 4.55 Å². The molecule has 0 aliphatic rings. The van der Waals surface area contributed by atoms with E-state index in [0.29, 0.717) is 0 Å². The van der Waals surface area contributed by atoms with Gasteiger partial charge in [0.1, 0.15) is 5.69 Å². The molecule has 0 saturated heterocycles. The minimum atomic E-state index is -4.46. The zero-order chi connectivity index (χ0) is 10.9. The first kappa shape index (κ1) is 11.0. The van der Waals surface area contributed by atoms with Crippen molar-refractivity contribution in [2.24, 2.45) is 0 Å². The molecule has 0 atom stereocenters. The molecular formula is C5H8N4O3S2. The molecule has 78 valence electrons. The van der Waals surface area contributed by atoms with Crippen molar-refractivity contribution < 1.29 is 13.0 Å². The van der Waals surface area contributed by atoms with Crippen molar-refractivity contribution in [2.45, 2.75) is 10.2 Å². The maximum absolute atomic E-state index is 10.8. The number of nitrogens with two attached hydrogens (primary N) is 2. The number of rotatable bonds is 2. The zero-order valence-electron chi connectivity index (χ0n) is 7.13. The van der Waals surface area contributed by atoms with Crippen LogP contribution in [0.4, 0.5) is 11.5 Å². The number of aromatic nitrogens is 2. The molecule has 0 radical (unpaired) electrons. The Morgan fingerprint density at radius 3 is 2.36 bits per heavy atom. The van der Waals surface area contributed by atoms with Gasteiger partial charge in [0.25, 0.3) is 0 Å². The molecular weight excluding hydrogens is 228 g/mol. The number of anilines is 2. The average Bonchev–Trinajstić information content (AvgIpc) is 2.07. The lowest BCUT2D eigenvalue weighted by Crippen LogP contribution is -2.11. The second-order valence-corrected chi connectivity index (χ2v) is 4.40. The summed E-state index contributed by atoms with van der Waals surface area (Å²) in [6, 6.07) is 0. The summed E-state index contributed by atoms with van der Waals surface area (Å²) < 4.78 is 30.3. The lowest BCUT2D eigenvalue weighted by Gasteiger charge is -2.05. The summed E-state index contributed by atoms with van der Waals surface area (Å²) in [7, 11) is -4.46. The first-order valence-corrected chi connectivity index (χ1v) is 5.97. The Bertz CT molecular complexity index is 458. The molecule has 0 fully saturated rings. The van der Waals surface area contributed by atoms with E-state index in [-0.39, 0.29) is 16.7 Å². The van der Waals surface area contributed by atoms with Crippen molar-refractivity contribution in [3.05, 3.63) is 0 Å². The zero-order valence-corrected chi connectivity index (χ0v) is 8.76. The molecule has 1 heterocycles. The Morgan fingerprint density at radius 1 is 1.36 bits per heavy atom. The van der Waals surface area contributed by atoms with Gasteiger partial charge in [-0.25, -0.2) is 9.97 Å². The van der Waals surface area contributed by atoms with E-state index >= 15 is 0 Å². The summed E-state index contributed by atoms with van der Waals surface area (Å²) in [4.78, 5) is 7.23. The summed E-state index contributed by atoms with van der Waals surface area (Å²) in [5, 5.41) is -0.529. The highest BCUT2D eigenvalue weighted by molar-refractivity contribution is 7.98. The highest BCUT2D eigenvalue weighted by Crippen LogP contribution is 2.23. The van der Waals surface area contributed by atoms with Crippen LogP contribution < -0.4 is 11.5 Å². The minimum absolute atomic E-state index is 0.129. The number of hydrogen-bond acceptors (Lipinski definition) is 7. The van der Waals surface area contributed by atoms with Crippen molar-refractivity contribution in [2.75, 3.05) is 17.7 Å².